The lowest BCUT2D eigenvalue weighted by molar-refractivity contribution is -0.750. The number of carbonyl (C=O) groups excluding carboxylic acids is 1. The molecule has 0 bridgehead atoms. The standard InChI is InChI=1S/C31H37N6O2/c1-35-15-17-36(18-16-35)31(38)25-12-10-24(11-13-25)29-28-21-33-14-19-37(28,32)30(34-29)26-8-5-9-27(20-26)39-22-23-6-3-2-4-7-23/h2-9,14,19-21,24-25H,10-13,15-18,22,32H2,1H3/q+1. The number of likely N-dealkylation sites (N-methyl/N-ethyl adjacent to an activating group) is 1. The number of ether oxygens (including phenoxy) is 1. The van der Waals surface area contributed by atoms with Crippen molar-refractivity contribution in [1.29, 1.82) is 0 Å². The monoisotopic (exact) mass is 525 g/mol. The molecule has 2 aromatic carbocycles. The van der Waals surface area contributed by atoms with E-state index in [9.17, 15) is 4.79 Å². The normalized spacial score (nSPS) is 26.9. The lowest BCUT2D eigenvalue weighted by Crippen LogP contribution is -2.53. The van der Waals surface area contributed by atoms with Crippen LogP contribution in [-0.2, 0) is 11.4 Å². The Morgan fingerprint density at radius 2 is 1.79 bits per heavy atom. The van der Waals surface area contributed by atoms with Crippen LogP contribution < -0.4 is 10.6 Å². The number of allylic oxidation sites excluding steroid dienone is 2. The summed E-state index contributed by atoms with van der Waals surface area (Å²) in [4.78, 5) is 27.1. The van der Waals surface area contributed by atoms with Crippen LogP contribution in [0.2, 0.25) is 0 Å². The van der Waals surface area contributed by atoms with E-state index in [0.29, 0.717) is 12.5 Å². The van der Waals surface area contributed by atoms with Gasteiger partial charge in [-0.05, 0) is 56.5 Å². The molecule has 1 aliphatic carbocycles. The van der Waals surface area contributed by atoms with Crippen LogP contribution in [0.1, 0.15) is 36.8 Å². The highest BCUT2D eigenvalue weighted by Gasteiger charge is 2.46. The van der Waals surface area contributed by atoms with E-state index in [1.165, 1.54) is 0 Å². The molecule has 8 heteroatoms. The maximum atomic E-state index is 13.2. The molecule has 4 aliphatic rings. The van der Waals surface area contributed by atoms with Crippen molar-refractivity contribution in [2.24, 2.45) is 27.7 Å². The molecule has 2 fully saturated rings. The predicted molar refractivity (Wildman–Crippen MR) is 152 cm³/mol. The van der Waals surface area contributed by atoms with Crippen molar-refractivity contribution in [3.05, 3.63) is 89.5 Å². The largest absolute Gasteiger partial charge is 0.489 e. The van der Waals surface area contributed by atoms with Gasteiger partial charge < -0.3 is 14.5 Å². The number of benzene rings is 2. The molecule has 1 amide bonds. The van der Waals surface area contributed by atoms with Crippen LogP contribution in [0.25, 0.3) is 0 Å². The summed E-state index contributed by atoms with van der Waals surface area (Å²) in [6.07, 6.45) is 9.11. The number of amides is 1. The summed E-state index contributed by atoms with van der Waals surface area (Å²) in [5, 5.41) is 0. The molecule has 3 aliphatic heterocycles. The number of piperazine rings is 1. The molecule has 1 atom stereocenters. The highest BCUT2D eigenvalue weighted by atomic mass is 16.5. The average Bonchev–Trinajstić information content (AvgIpc) is 3.30. The van der Waals surface area contributed by atoms with Crippen LogP contribution in [0.15, 0.2) is 88.4 Å². The molecule has 0 radical (unpaired) electrons. The molecule has 1 saturated heterocycles. The van der Waals surface area contributed by atoms with Crippen LogP contribution in [0, 0.1) is 11.8 Å². The highest BCUT2D eigenvalue weighted by Crippen LogP contribution is 2.41. The van der Waals surface area contributed by atoms with E-state index in [4.69, 9.17) is 15.6 Å². The first kappa shape index (κ1) is 25.7. The van der Waals surface area contributed by atoms with Crippen molar-refractivity contribution >= 4 is 18.0 Å². The average molecular weight is 526 g/mol. The van der Waals surface area contributed by atoms with E-state index in [2.05, 4.69) is 34.0 Å². The summed E-state index contributed by atoms with van der Waals surface area (Å²) in [6.45, 7) is 4.08. The molecular formula is C31H37N6O2+. The number of amidine groups is 1. The number of hydrogen-bond acceptors (Lipinski definition) is 6. The number of fused-ring (bicyclic) bond motifs is 1. The van der Waals surface area contributed by atoms with Gasteiger partial charge in [0.1, 0.15) is 24.3 Å². The van der Waals surface area contributed by atoms with Crippen molar-refractivity contribution < 1.29 is 14.1 Å². The van der Waals surface area contributed by atoms with Gasteiger partial charge in [0, 0.05) is 38.0 Å². The highest BCUT2D eigenvalue weighted by molar-refractivity contribution is 6.00. The summed E-state index contributed by atoms with van der Waals surface area (Å²) in [5.41, 5.74) is 3.96. The summed E-state index contributed by atoms with van der Waals surface area (Å²) in [6, 6.07) is 18.1. The molecule has 2 N–H and O–H groups in total. The third kappa shape index (κ3) is 5.20. The minimum atomic E-state index is 0.00112. The van der Waals surface area contributed by atoms with E-state index < -0.39 is 0 Å². The number of carbonyl (C=O) groups is 1. The Bertz CT molecular complexity index is 1330. The second kappa shape index (κ2) is 10.9. The zero-order valence-electron chi connectivity index (χ0n) is 22.6. The molecular weight excluding hydrogens is 488 g/mol. The van der Waals surface area contributed by atoms with Gasteiger partial charge in [0.25, 0.3) is 5.84 Å². The van der Waals surface area contributed by atoms with Gasteiger partial charge in [-0.15, -0.1) is 4.59 Å². The summed E-state index contributed by atoms with van der Waals surface area (Å²) in [5.74, 6) is 9.23. The smallest absolute Gasteiger partial charge is 0.265 e. The Balaban J connectivity index is 1.18. The quantitative estimate of drug-likeness (QED) is 0.455. The van der Waals surface area contributed by atoms with E-state index in [0.717, 1.165) is 86.0 Å². The Hall–Kier alpha value is -3.59. The molecule has 3 heterocycles. The van der Waals surface area contributed by atoms with Gasteiger partial charge in [-0.25, -0.2) is 0 Å². The third-order valence-corrected chi connectivity index (χ3v) is 8.44. The van der Waals surface area contributed by atoms with E-state index in [1.54, 1.807) is 6.20 Å². The first-order valence-corrected chi connectivity index (χ1v) is 14.0. The minimum absolute atomic E-state index is 0.00112. The van der Waals surface area contributed by atoms with Crippen molar-refractivity contribution in [3.8, 4) is 5.75 Å². The fourth-order valence-electron chi connectivity index (χ4n) is 6.07. The Labute approximate surface area is 230 Å². The van der Waals surface area contributed by atoms with Gasteiger partial charge in [-0.2, -0.15) is 10.8 Å². The number of nitrogens with two attached hydrogens (primary N) is 1. The molecule has 1 saturated carbocycles. The van der Waals surface area contributed by atoms with E-state index in [1.807, 2.05) is 54.9 Å². The summed E-state index contributed by atoms with van der Waals surface area (Å²) in [7, 11) is 2.12. The zero-order chi connectivity index (χ0) is 26.8. The molecule has 0 aromatic heterocycles. The summed E-state index contributed by atoms with van der Waals surface area (Å²) >= 11 is 0. The minimum Gasteiger partial charge on any atom is -0.489 e. The SMILES string of the molecule is CN1CCN(C(=O)C2CCC(C3=C4C=NC=C[N+]4(N)C(c4cccc(OCc5ccccc5)c4)=N3)CC2)CC1. The predicted octanol–water partition coefficient (Wildman–Crippen LogP) is 4.06. The van der Waals surface area contributed by atoms with Crippen molar-refractivity contribution in [2.45, 2.75) is 32.3 Å². The zero-order valence-corrected chi connectivity index (χ0v) is 22.6. The van der Waals surface area contributed by atoms with Crippen molar-refractivity contribution in [1.82, 2.24) is 9.80 Å². The van der Waals surface area contributed by atoms with Crippen LogP contribution in [0.4, 0.5) is 0 Å². The van der Waals surface area contributed by atoms with Gasteiger partial charge >= 0.3 is 0 Å². The van der Waals surface area contributed by atoms with Crippen molar-refractivity contribution in [2.75, 3.05) is 33.2 Å². The van der Waals surface area contributed by atoms with Gasteiger partial charge in [-0.3, -0.25) is 9.79 Å². The Morgan fingerprint density at radius 1 is 1.03 bits per heavy atom. The van der Waals surface area contributed by atoms with Gasteiger partial charge in [0.05, 0.1) is 18.0 Å². The van der Waals surface area contributed by atoms with Crippen LogP contribution in [-0.4, -0.2) is 65.6 Å². The Kier molecular flexibility index (Phi) is 7.16. The van der Waals surface area contributed by atoms with Crippen LogP contribution in [0.5, 0.6) is 5.75 Å². The molecule has 0 spiro atoms. The maximum Gasteiger partial charge on any atom is 0.265 e. The number of nitrogens with zero attached hydrogens (tertiary/aromatic N) is 5. The van der Waals surface area contributed by atoms with E-state index in [-0.39, 0.29) is 16.4 Å². The number of quaternary nitrogens is 1. The second-order valence-corrected chi connectivity index (χ2v) is 11.0. The lowest BCUT2D eigenvalue weighted by atomic mass is 9.79. The lowest BCUT2D eigenvalue weighted by Gasteiger charge is -2.36. The van der Waals surface area contributed by atoms with Gasteiger partial charge in [0.2, 0.25) is 11.6 Å². The number of rotatable bonds is 6. The third-order valence-electron chi connectivity index (χ3n) is 8.44. The van der Waals surface area contributed by atoms with E-state index >= 15 is 0 Å². The van der Waals surface area contributed by atoms with Crippen LogP contribution >= 0.6 is 0 Å². The van der Waals surface area contributed by atoms with Gasteiger partial charge in [-0.1, -0.05) is 36.4 Å². The topological polar surface area (TPSA) is 83.5 Å². The fraction of sp³-hybridized carbons (Fsp3) is 0.387. The first-order chi connectivity index (χ1) is 19.0. The van der Waals surface area contributed by atoms with Gasteiger partial charge in [0.15, 0.2) is 0 Å². The molecule has 6 rings (SSSR count). The molecule has 202 valence electrons. The van der Waals surface area contributed by atoms with Crippen molar-refractivity contribution in [3.63, 3.8) is 0 Å². The number of hydrogen-bond donors (Lipinski definition) is 1. The molecule has 39 heavy (non-hydrogen) atoms. The molecule has 1 unspecified atom stereocenters. The summed E-state index contributed by atoms with van der Waals surface area (Å²) < 4.78 is 6.10. The number of aliphatic imine (C=N–C) groups is 2. The maximum absolute atomic E-state index is 13.2. The van der Waals surface area contributed by atoms with Crippen LogP contribution in [0.3, 0.4) is 0 Å². The molecule has 8 nitrogen and oxygen atoms in total. The fourth-order valence-corrected chi connectivity index (χ4v) is 6.07. The first-order valence-electron chi connectivity index (χ1n) is 14.0. The Morgan fingerprint density at radius 3 is 2.56 bits per heavy atom. The second-order valence-electron chi connectivity index (χ2n) is 11.0. The molecule has 2 aromatic rings.